The maximum atomic E-state index is 12.3. The third-order valence-corrected chi connectivity index (χ3v) is 11.7. The van der Waals surface area contributed by atoms with Crippen LogP contribution in [0.15, 0.2) is 182 Å². The van der Waals surface area contributed by atoms with Crippen molar-refractivity contribution in [3.05, 3.63) is 216 Å². The van der Waals surface area contributed by atoms with Gasteiger partial charge in [0.25, 0.3) is 0 Å². The summed E-state index contributed by atoms with van der Waals surface area (Å²) in [5, 5.41) is 16.1. The van der Waals surface area contributed by atoms with E-state index in [9.17, 15) is 5.11 Å². The van der Waals surface area contributed by atoms with Gasteiger partial charge < -0.3 is 33.9 Å². The molecule has 0 bridgehead atoms. The summed E-state index contributed by atoms with van der Waals surface area (Å²) in [5.41, 5.74) is 6.05. The van der Waals surface area contributed by atoms with Crippen LogP contribution in [0.1, 0.15) is 45.8 Å². The molecule has 1 aliphatic carbocycles. The fraction of sp³-hybridized carbons (Fsp3) is 0.212. The van der Waals surface area contributed by atoms with E-state index >= 15 is 0 Å². The highest BCUT2D eigenvalue weighted by atomic mass is 16.5. The molecule has 0 saturated heterocycles. The van der Waals surface area contributed by atoms with Crippen molar-refractivity contribution in [3.63, 3.8) is 0 Å². The van der Waals surface area contributed by atoms with Crippen LogP contribution in [0.3, 0.4) is 0 Å². The van der Waals surface area contributed by atoms with Gasteiger partial charge in [-0.15, -0.1) is 0 Å². The first kappa shape index (κ1) is 40.6. The Morgan fingerprint density at radius 3 is 1.76 bits per heavy atom. The number of methoxy groups -OCH3 is 1. The van der Waals surface area contributed by atoms with Gasteiger partial charge in [-0.25, -0.2) is 4.98 Å². The van der Waals surface area contributed by atoms with Crippen LogP contribution in [0.25, 0.3) is 11.2 Å². The van der Waals surface area contributed by atoms with Crippen LogP contribution < -0.4 is 14.8 Å². The highest BCUT2D eigenvalue weighted by Gasteiger charge is 2.45. The van der Waals surface area contributed by atoms with Crippen molar-refractivity contribution in [1.82, 2.24) is 19.5 Å². The quantitative estimate of drug-likeness (QED) is 0.0868. The minimum atomic E-state index is -0.964. The predicted molar refractivity (Wildman–Crippen MR) is 240 cm³/mol. The number of hydrogen-bond donors (Lipinski definition) is 2. The Hall–Kier alpha value is -6.85. The summed E-state index contributed by atoms with van der Waals surface area (Å²) in [5.74, 6) is 1.05. The van der Waals surface area contributed by atoms with Crippen LogP contribution in [0.2, 0.25) is 0 Å². The van der Waals surface area contributed by atoms with E-state index in [2.05, 4.69) is 41.7 Å². The molecule has 4 atom stereocenters. The molecule has 6 aromatic carbocycles. The monoisotopic (exact) mass is 823 g/mol. The number of aromatic nitrogens is 4. The van der Waals surface area contributed by atoms with E-state index < -0.39 is 17.7 Å². The molecule has 2 N–H and O–H groups in total. The van der Waals surface area contributed by atoms with Crippen molar-refractivity contribution < 1.29 is 24.1 Å². The number of fused-ring (bicyclic) bond motifs is 1. The minimum absolute atomic E-state index is 0.266. The molecule has 10 nitrogen and oxygen atoms in total. The fourth-order valence-corrected chi connectivity index (χ4v) is 8.52. The number of hydrogen-bond acceptors (Lipinski definition) is 9. The second-order valence-corrected chi connectivity index (χ2v) is 15.6. The molecule has 1 aliphatic rings. The Kier molecular flexibility index (Phi) is 12.3. The van der Waals surface area contributed by atoms with E-state index in [1.807, 2.05) is 144 Å². The second kappa shape index (κ2) is 18.8. The van der Waals surface area contributed by atoms with Gasteiger partial charge in [-0.1, -0.05) is 164 Å². The molecular formula is C52H49N5O5. The van der Waals surface area contributed by atoms with Crippen molar-refractivity contribution in [1.29, 1.82) is 0 Å². The van der Waals surface area contributed by atoms with Crippen molar-refractivity contribution >= 4 is 17.1 Å². The number of imidazole rings is 1. The van der Waals surface area contributed by atoms with Gasteiger partial charge in [0.05, 0.1) is 51.5 Å². The summed E-state index contributed by atoms with van der Waals surface area (Å²) in [6.07, 6.45) is 1.10. The largest absolute Gasteiger partial charge is 0.497 e. The molecule has 0 amide bonds. The third-order valence-electron chi connectivity index (χ3n) is 11.7. The fourth-order valence-electron chi connectivity index (χ4n) is 8.52. The maximum Gasteiger partial charge on any atom is 0.247 e. The smallest absolute Gasteiger partial charge is 0.247 e. The Bertz CT molecular complexity index is 2590. The van der Waals surface area contributed by atoms with Gasteiger partial charge in [-0.3, -0.25) is 0 Å². The average molecular weight is 824 g/mol. The molecule has 2 heterocycles. The van der Waals surface area contributed by atoms with E-state index in [1.54, 1.807) is 13.4 Å². The number of aliphatic hydroxyl groups is 1. The zero-order chi connectivity index (χ0) is 42.1. The summed E-state index contributed by atoms with van der Waals surface area (Å²) in [4.78, 5) is 15.2. The zero-order valence-electron chi connectivity index (χ0n) is 34.5. The number of aliphatic hydroxyl groups excluding tert-OH is 1. The number of rotatable bonds is 17. The van der Waals surface area contributed by atoms with Gasteiger partial charge in [-0.2, -0.15) is 9.97 Å². The Morgan fingerprint density at radius 1 is 0.645 bits per heavy atom. The normalized spacial score (nSPS) is 17.5. The zero-order valence-corrected chi connectivity index (χ0v) is 34.5. The molecule has 0 aliphatic heterocycles. The van der Waals surface area contributed by atoms with Crippen LogP contribution in [0.5, 0.6) is 11.6 Å². The van der Waals surface area contributed by atoms with Gasteiger partial charge in [0, 0.05) is 5.92 Å². The van der Waals surface area contributed by atoms with E-state index in [0.717, 1.165) is 39.1 Å². The lowest BCUT2D eigenvalue weighted by atomic mass is 9.77. The summed E-state index contributed by atoms with van der Waals surface area (Å²) in [6.45, 7) is 1.41. The van der Waals surface area contributed by atoms with Gasteiger partial charge in [0.2, 0.25) is 11.8 Å². The number of nitrogens with zero attached hydrogens (tertiary/aromatic N) is 4. The first-order valence-electron chi connectivity index (χ1n) is 21.0. The number of anilines is 1. The van der Waals surface area contributed by atoms with E-state index in [0.29, 0.717) is 49.2 Å². The third kappa shape index (κ3) is 8.67. The van der Waals surface area contributed by atoms with E-state index in [4.69, 9.17) is 33.9 Å². The molecule has 1 fully saturated rings. The Balaban J connectivity index is 1.13. The lowest BCUT2D eigenvalue weighted by molar-refractivity contribution is -0.0475. The standard InChI is InChI=1S/C52H49N5O5/c1-59-43-29-27-42(28-30-43)52(40-23-13-5-14-24-40,41-25-15-6-16-26-41)56-51-54-49-47(50(55-51)62-34-39-21-11-4-12-22-39)53-36-57(49)45-31-46(61-33-38-19-9-3-10-20-38)44(48(45)58)35-60-32-37-17-7-2-8-18-37/h2-30,36,44-46,48,58H,31-35H2,1H3,(H,54,55,56)/t44-,45+,46+,48+/m1/s1. The average Bonchev–Trinajstić information content (AvgIpc) is 3.90. The van der Waals surface area contributed by atoms with Gasteiger partial charge in [0.1, 0.15) is 17.9 Å². The van der Waals surface area contributed by atoms with Gasteiger partial charge in [-0.05, 0) is 51.9 Å². The van der Waals surface area contributed by atoms with Crippen molar-refractivity contribution in [2.45, 2.75) is 50.0 Å². The molecule has 0 radical (unpaired) electrons. The molecule has 1 saturated carbocycles. The van der Waals surface area contributed by atoms with Crippen LogP contribution >= 0.6 is 0 Å². The highest BCUT2D eigenvalue weighted by Crippen LogP contribution is 2.43. The molecule has 8 aromatic rings. The maximum absolute atomic E-state index is 12.3. The second-order valence-electron chi connectivity index (χ2n) is 15.6. The predicted octanol–water partition coefficient (Wildman–Crippen LogP) is 9.54. The van der Waals surface area contributed by atoms with Crippen molar-refractivity contribution in [2.75, 3.05) is 19.0 Å². The molecule has 62 heavy (non-hydrogen) atoms. The molecule has 2 aromatic heterocycles. The summed E-state index contributed by atoms with van der Waals surface area (Å²) in [7, 11) is 1.66. The number of ether oxygens (including phenoxy) is 4. The molecule has 0 unspecified atom stereocenters. The molecule has 9 rings (SSSR count). The van der Waals surface area contributed by atoms with Crippen LogP contribution in [-0.2, 0) is 34.8 Å². The lowest BCUT2D eigenvalue weighted by Crippen LogP contribution is -2.38. The first-order valence-corrected chi connectivity index (χ1v) is 21.0. The summed E-state index contributed by atoms with van der Waals surface area (Å²) >= 11 is 0. The summed E-state index contributed by atoms with van der Waals surface area (Å²) < 4.78 is 27.0. The van der Waals surface area contributed by atoms with Crippen molar-refractivity contribution in [2.24, 2.45) is 5.92 Å². The van der Waals surface area contributed by atoms with E-state index in [-0.39, 0.29) is 18.6 Å². The van der Waals surface area contributed by atoms with Crippen LogP contribution in [-0.4, -0.2) is 50.6 Å². The Labute approximate surface area is 361 Å². The molecule has 0 spiro atoms. The molecule has 10 heteroatoms. The topological polar surface area (TPSA) is 113 Å². The number of benzene rings is 6. The Morgan fingerprint density at radius 2 is 1.18 bits per heavy atom. The highest BCUT2D eigenvalue weighted by molar-refractivity contribution is 5.78. The van der Waals surface area contributed by atoms with Crippen LogP contribution in [0, 0.1) is 5.92 Å². The lowest BCUT2D eigenvalue weighted by Gasteiger charge is -2.37. The SMILES string of the molecule is COc1ccc(C(Nc2nc(OCc3ccccc3)c3ncn([C@H]4C[C@H](OCc5ccccc5)[C@@H](COCc5ccccc5)[C@@H]4O)c3n2)(c2ccccc2)c2ccccc2)cc1. The number of nitrogens with one attached hydrogen (secondary N) is 1. The molecule has 312 valence electrons. The van der Waals surface area contributed by atoms with Crippen molar-refractivity contribution in [3.8, 4) is 11.6 Å². The molecular weight excluding hydrogens is 775 g/mol. The van der Waals surface area contributed by atoms with Crippen LogP contribution in [0.4, 0.5) is 5.95 Å². The minimum Gasteiger partial charge on any atom is -0.497 e. The van der Waals surface area contributed by atoms with Gasteiger partial charge in [0.15, 0.2) is 11.2 Å². The van der Waals surface area contributed by atoms with E-state index in [1.165, 1.54) is 0 Å². The van der Waals surface area contributed by atoms with Gasteiger partial charge >= 0.3 is 0 Å². The first-order chi connectivity index (χ1) is 30.6. The summed E-state index contributed by atoms with van der Waals surface area (Å²) in [6, 6.07) is 58.3.